The number of carbonyl (C=O) groups is 1. The highest BCUT2D eigenvalue weighted by molar-refractivity contribution is 7.80. The van der Waals surface area contributed by atoms with Crippen LogP contribution in [0.15, 0.2) is 71.1 Å². The number of amides is 1. The number of halogens is 1. The van der Waals surface area contributed by atoms with Crippen molar-refractivity contribution in [1.29, 1.82) is 0 Å². The average molecular weight is 494 g/mol. The molecule has 34 heavy (non-hydrogen) atoms. The van der Waals surface area contributed by atoms with E-state index >= 15 is 0 Å². The molecule has 0 unspecified atom stereocenters. The van der Waals surface area contributed by atoms with Crippen LogP contribution in [-0.2, 0) is 6.42 Å². The van der Waals surface area contributed by atoms with Gasteiger partial charge < -0.3 is 14.5 Å². The number of ether oxygens (including phenoxy) is 1. The number of benzene rings is 3. The van der Waals surface area contributed by atoms with Gasteiger partial charge in [0.1, 0.15) is 11.3 Å². The smallest absolute Gasteiger partial charge is 0.257 e. The molecular weight excluding hydrogens is 470 g/mol. The number of carbonyl (C=O) groups excluding carboxylic acids is 1. The lowest BCUT2D eigenvalue weighted by atomic mass is 10.1. The second kappa shape index (κ2) is 11.1. The Balaban J connectivity index is 1.29. The van der Waals surface area contributed by atoms with Crippen molar-refractivity contribution in [1.82, 2.24) is 10.3 Å². The number of anilines is 1. The van der Waals surface area contributed by atoms with Crippen LogP contribution in [0, 0.1) is 0 Å². The Kier molecular flexibility index (Phi) is 7.77. The third-order valence-corrected chi connectivity index (χ3v) is 5.51. The lowest BCUT2D eigenvalue weighted by molar-refractivity contribution is 0.0977. The summed E-state index contributed by atoms with van der Waals surface area (Å²) in [6.07, 6.45) is 2.61. The van der Waals surface area contributed by atoms with Crippen LogP contribution in [0.5, 0.6) is 5.75 Å². The molecule has 3 aromatic carbocycles. The molecule has 0 fully saturated rings. The first kappa shape index (κ1) is 23.7. The Morgan fingerprint density at radius 2 is 1.85 bits per heavy atom. The number of nitrogens with one attached hydrogen (secondary N) is 2. The molecule has 4 rings (SSSR count). The highest BCUT2D eigenvalue weighted by Gasteiger charge is 2.10. The summed E-state index contributed by atoms with van der Waals surface area (Å²) >= 11 is 11.3. The molecule has 1 aromatic heterocycles. The second-order valence-corrected chi connectivity index (χ2v) is 8.57. The number of hydrogen-bond acceptors (Lipinski definition) is 5. The molecule has 0 saturated heterocycles. The van der Waals surface area contributed by atoms with Gasteiger partial charge in [-0.05, 0) is 78.8 Å². The van der Waals surface area contributed by atoms with E-state index in [1.165, 1.54) is 0 Å². The third-order valence-electron chi connectivity index (χ3n) is 5.07. The molecule has 0 bridgehead atoms. The summed E-state index contributed by atoms with van der Waals surface area (Å²) in [5.41, 5.74) is 3.73. The monoisotopic (exact) mass is 493 g/mol. The number of thiocarbonyl (C=S) groups is 1. The van der Waals surface area contributed by atoms with Gasteiger partial charge in [0.25, 0.3) is 5.91 Å². The van der Waals surface area contributed by atoms with Gasteiger partial charge in [-0.1, -0.05) is 37.1 Å². The van der Waals surface area contributed by atoms with Gasteiger partial charge in [0.2, 0.25) is 0 Å². The predicted octanol–water partition coefficient (Wildman–Crippen LogP) is 6.38. The summed E-state index contributed by atoms with van der Waals surface area (Å²) in [6, 6.07) is 20.0. The van der Waals surface area contributed by atoms with Crippen molar-refractivity contribution in [3.05, 3.63) is 88.8 Å². The van der Waals surface area contributed by atoms with Gasteiger partial charge in [0.05, 0.1) is 6.61 Å². The summed E-state index contributed by atoms with van der Waals surface area (Å²) in [5.74, 6) is 1.07. The standard InChI is InChI=1S/C26H24ClN3O3S/c1-2-3-14-32-21-11-6-18(7-12-21)25(31)30-26(34)28-20-9-4-17(5-10-20)15-24-29-22-16-19(27)8-13-23(22)33-24/h4-13,16H,2-3,14-15H2,1H3,(H2,28,30,31,34). The number of rotatable bonds is 8. The van der Waals surface area contributed by atoms with Crippen LogP contribution < -0.4 is 15.4 Å². The van der Waals surface area contributed by atoms with Gasteiger partial charge in [0, 0.05) is 22.7 Å². The van der Waals surface area contributed by atoms with Crippen molar-refractivity contribution in [3.8, 4) is 5.75 Å². The predicted molar refractivity (Wildman–Crippen MR) is 139 cm³/mol. The second-order valence-electron chi connectivity index (χ2n) is 7.73. The highest BCUT2D eigenvalue weighted by atomic mass is 35.5. The van der Waals surface area contributed by atoms with Gasteiger partial charge in [-0.25, -0.2) is 4.98 Å². The molecule has 8 heteroatoms. The van der Waals surface area contributed by atoms with Crippen molar-refractivity contribution in [2.45, 2.75) is 26.2 Å². The zero-order valence-corrected chi connectivity index (χ0v) is 20.2. The highest BCUT2D eigenvalue weighted by Crippen LogP contribution is 2.22. The molecule has 0 aliphatic carbocycles. The van der Waals surface area contributed by atoms with Crippen LogP contribution in [0.2, 0.25) is 5.02 Å². The maximum atomic E-state index is 12.5. The molecule has 4 aromatic rings. The lowest BCUT2D eigenvalue weighted by Crippen LogP contribution is -2.34. The quantitative estimate of drug-likeness (QED) is 0.219. The van der Waals surface area contributed by atoms with Crippen molar-refractivity contribution >= 4 is 51.6 Å². The molecule has 0 saturated carbocycles. The van der Waals surface area contributed by atoms with E-state index in [-0.39, 0.29) is 11.0 Å². The van der Waals surface area contributed by atoms with Crippen LogP contribution in [-0.4, -0.2) is 22.6 Å². The normalized spacial score (nSPS) is 10.8. The summed E-state index contributed by atoms with van der Waals surface area (Å²) in [5, 5.41) is 6.57. The van der Waals surface area contributed by atoms with Gasteiger partial charge in [-0.15, -0.1) is 0 Å². The van der Waals surface area contributed by atoms with E-state index in [1.807, 2.05) is 30.3 Å². The lowest BCUT2D eigenvalue weighted by Gasteiger charge is -2.11. The number of hydrogen-bond donors (Lipinski definition) is 2. The first-order valence-electron chi connectivity index (χ1n) is 11.0. The van der Waals surface area contributed by atoms with E-state index in [9.17, 15) is 4.79 Å². The molecule has 0 aliphatic rings. The van der Waals surface area contributed by atoms with Crippen LogP contribution in [0.1, 0.15) is 41.6 Å². The minimum absolute atomic E-state index is 0.219. The topological polar surface area (TPSA) is 76.4 Å². The van der Waals surface area contributed by atoms with Crippen molar-refractivity contribution < 1.29 is 13.9 Å². The first-order valence-corrected chi connectivity index (χ1v) is 11.8. The Morgan fingerprint density at radius 3 is 2.59 bits per heavy atom. The molecule has 6 nitrogen and oxygen atoms in total. The van der Waals surface area contributed by atoms with Gasteiger partial charge >= 0.3 is 0 Å². The molecule has 0 radical (unpaired) electrons. The molecule has 0 spiro atoms. The molecule has 1 heterocycles. The fourth-order valence-electron chi connectivity index (χ4n) is 3.28. The van der Waals surface area contributed by atoms with Crippen LogP contribution in [0.25, 0.3) is 11.1 Å². The summed E-state index contributed by atoms with van der Waals surface area (Å²) in [7, 11) is 0. The number of fused-ring (bicyclic) bond motifs is 1. The van der Waals surface area contributed by atoms with Gasteiger partial charge in [-0.2, -0.15) is 0 Å². The molecule has 2 N–H and O–H groups in total. The number of oxazole rings is 1. The first-order chi connectivity index (χ1) is 16.5. The maximum absolute atomic E-state index is 12.5. The van der Waals surface area contributed by atoms with E-state index in [1.54, 1.807) is 36.4 Å². The van der Waals surface area contributed by atoms with E-state index in [0.717, 1.165) is 35.4 Å². The Morgan fingerprint density at radius 1 is 1.09 bits per heavy atom. The molecular formula is C26H24ClN3O3S. The van der Waals surface area contributed by atoms with Crippen molar-refractivity contribution in [2.24, 2.45) is 0 Å². The largest absolute Gasteiger partial charge is 0.494 e. The minimum atomic E-state index is -0.287. The third kappa shape index (κ3) is 6.34. The summed E-state index contributed by atoms with van der Waals surface area (Å²) < 4.78 is 11.4. The fraction of sp³-hybridized carbons (Fsp3) is 0.192. The van der Waals surface area contributed by atoms with Crippen LogP contribution >= 0.6 is 23.8 Å². The zero-order valence-electron chi connectivity index (χ0n) is 18.6. The molecule has 0 aliphatic heterocycles. The summed E-state index contributed by atoms with van der Waals surface area (Å²) in [6.45, 7) is 2.78. The Bertz CT molecular complexity index is 1290. The molecule has 1 amide bonds. The SMILES string of the molecule is CCCCOc1ccc(C(=O)NC(=S)Nc2ccc(Cc3nc4cc(Cl)ccc4o3)cc2)cc1. The number of nitrogens with zero attached hydrogens (tertiary/aromatic N) is 1. The maximum Gasteiger partial charge on any atom is 0.257 e. The van der Waals surface area contributed by atoms with Crippen molar-refractivity contribution in [3.63, 3.8) is 0 Å². The fourth-order valence-corrected chi connectivity index (χ4v) is 3.66. The van der Waals surface area contributed by atoms with Gasteiger partial charge in [0.15, 0.2) is 16.6 Å². The number of unbranched alkanes of at least 4 members (excludes halogenated alkanes) is 1. The number of aromatic nitrogens is 1. The molecule has 174 valence electrons. The Labute approximate surface area is 208 Å². The van der Waals surface area contributed by atoms with E-state index in [4.69, 9.17) is 33.0 Å². The van der Waals surface area contributed by atoms with E-state index in [0.29, 0.717) is 35.1 Å². The van der Waals surface area contributed by atoms with Crippen LogP contribution in [0.4, 0.5) is 5.69 Å². The van der Waals surface area contributed by atoms with Crippen LogP contribution in [0.3, 0.4) is 0 Å². The van der Waals surface area contributed by atoms with Gasteiger partial charge in [-0.3, -0.25) is 10.1 Å². The molecule has 0 atom stereocenters. The Hall–Kier alpha value is -3.42. The summed E-state index contributed by atoms with van der Waals surface area (Å²) in [4.78, 5) is 16.9. The average Bonchev–Trinajstić information content (AvgIpc) is 3.22. The van der Waals surface area contributed by atoms with E-state index < -0.39 is 0 Å². The van der Waals surface area contributed by atoms with E-state index in [2.05, 4.69) is 22.5 Å². The zero-order chi connectivity index (χ0) is 23.9. The minimum Gasteiger partial charge on any atom is -0.494 e. The van der Waals surface area contributed by atoms with Crippen molar-refractivity contribution in [2.75, 3.05) is 11.9 Å².